The van der Waals surface area contributed by atoms with Crippen LogP contribution in [-0.4, -0.2) is 50.5 Å². The van der Waals surface area contributed by atoms with E-state index in [1.165, 1.54) is 32.3 Å². The fraction of sp³-hybridized carbons (Fsp3) is 0.417. The van der Waals surface area contributed by atoms with Gasteiger partial charge in [0.05, 0.1) is 22.1 Å². The van der Waals surface area contributed by atoms with Crippen molar-refractivity contribution in [3.8, 4) is 0 Å². The summed E-state index contributed by atoms with van der Waals surface area (Å²) in [7, 11) is -0.838. The Kier molecular flexibility index (Phi) is 5.52. The molecule has 0 bridgehead atoms. The molecule has 0 aliphatic rings. The van der Waals surface area contributed by atoms with Crippen molar-refractivity contribution in [3.63, 3.8) is 0 Å². The van der Waals surface area contributed by atoms with Gasteiger partial charge in [0.1, 0.15) is 0 Å². The molecule has 6 nitrogen and oxygen atoms in total. The van der Waals surface area contributed by atoms with Crippen molar-refractivity contribution in [2.24, 2.45) is 0 Å². The van der Waals surface area contributed by atoms with E-state index < -0.39 is 22.0 Å². The number of sulfonamides is 1. The number of benzene rings is 1. The van der Waals surface area contributed by atoms with Crippen molar-refractivity contribution in [3.05, 3.63) is 28.8 Å². The number of nitrogens with one attached hydrogen (secondary N) is 1. The Bertz CT molecular complexity index is 601. The summed E-state index contributed by atoms with van der Waals surface area (Å²) in [4.78, 5) is 11.9. The highest BCUT2D eigenvalue weighted by Gasteiger charge is 2.21. The second-order valence-electron chi connectivity index (χ2n) is 4.49. The van der Waals surface area contributed by atoms with Crippen LogP contribution in [0.4, 0.5) is 0 Å². The lowest BCUT2D eigenvalue weighted by Crippen LogP contribution is -2.35. The SMILES string of the molecule is C[C@@H](CO)NC(=O)c1cc(S(=O)(=O)N(C)C)ccc1Cl. The Morgan fingerprint density at radius 3 is 2.55 bits per heavy atom. The molecule has 0 radical (unpaired) electrons. The van der Waals surface area contributed by atoms with E-state index in [0.717, 1.165) is 4.31 Å². The van der Waals surface area contributed by atoms with Gasteiger partial charge in [-0.2, -0.15) is 0 Å². The van der Waals surface area contributed by atoms with Crippen LogP contribution in [0.3, 0.4) is 0 Å². The lowest BCUT2D eigenvalue weighted by molar-refractivity contribution is 0.0922. The zero-order valence-corrected chi connectivity index (χ0v) is 13.0. The fourth-order valence-electron chi connectivity index (χ4n) is 1.40. The van der Waals surface area contributed by atoms with Gasteiger partial charge in [0.2, 0.25) is 10.0 Å². The van der Waals surface area contributed by atoms with Crippen LogP contribution in [-0.2, 0) is 10.0 Å². The smallest absolute Gasteiger partial charge is 0.253 e. The number of carbonyl (C=O) groups excluding carboxylic acids is 1. The maximum Gasteiger partial charge on any atom is 0.253 e. The molecule has 0 saturated carbocycles. The van der Waals surface area contributed by atoms with Gasteiger partial charge >= 0.3 is 0 Å². The third kappa shape index (κ3) is 3.69. The zero-order valence-electron chi connectivity index (χ0n) is 11.4. The number of hydrogen-bond acceptors (Lipinski definition) is 4. The molecule has 2 N–H and O–H groups in total. The third-order valence-corrected chi connectivity index (χ3v) is 4.75. The van der Waals surface area contributed by atoms with Crippen molar-refractivity contribution in [2.75, 3.05) is 20.7 Å². The fourth-order valence-corrected chi connectivity index (χ4v) is 2.53. The first kappa shape index (κ1) is 16.9. The number of rotatable bonds is 5. The first-order valence-corrected chi connectivity index (χ1v) is 7.65. The molecule has 0 unspecified atom stereocenters. The van der Waals surface area contributed by atoms with E-state index in [0.29, 0.717) is 0 Å². The van der Waals surface area contributed by atoms with Crippen molar-refractivity contribution in [1.82, 2.24) is 9.62 Å². The summed E-state index contributed by atoms with van der Waals surface area (Å²) in [6.45, 7) is 1.39. The summed E-state index contributed by atoms with van der Waals surface area (Å²) in [5.41, 5.74) is 0.0508. The number of aliphatic hydroxyl groups excluding tert-OH is 1. The minimum atomic E-state index is -3.64. The highest BCUT2D eigenvalue weighted by molar-refractivity contribution is 7.89. The number of nitrogens with zero attached hydrogens (tertiary/aromatic N) is 1. The molecular formula is C12H17ClN2O4S. The lowest BCUT2D eigenvalue weighted by atomic mass is 10.2. The molecule has 1 rings (SSSR count). The van der Waals surface area contributed by atoms with Crippen molar-refractivity contribution in [2.45, 2.75) is 17.9 Å². The molecule has 0 aromatic heterocycles. The van der Waals surface area contributed by atoms with Gasteiger partial charge in [0.25, 0.3) is 5.91 Å². The Balaban J connectivity index is 3.20. The quantitative estimate of drug-likeness (QED) is 0.836. The Morgan fingerprint density at radius 2 is 2.05 bits per heavy atom. The van der Waals surface area contributed by atoms with Crippen LogP contribution in [0.15, 0.2) is 23.1 Å². The van der Waals surface area contributed by atoms with Crippen LogP contribution >= 0.6 is 11.6 Å². The molecule has 0 spiro atoms. The van der Waals surface area contributed by atoms with Crippen molar-refractivity contribution in [1.29, 1.82) is 0 Å². The largest absolute Gasteiger partial charge is 0.394 e. The highest BCUT2D eigenvalue weighted by atomic mass is 35.5. The minimum Gasteiger partial charge on any atom is -0.394 e. The van der Waals surface area contributed by atoms with E-state index in [-0.39, 0.29) is 22.1 Å². The molecule has 0 fully saturated rings. The number of aliphatic hydroxyl groups is 1. The maximum atomic E-state index is 12.0. The van der Waals surface area contributed by atoms with Crippen LogP contribution in [0, 0.1) is 0 Å². The molecule has 0 aliphatic heterocycles. The number of carbonyl (C=O) groups is 1. The van der Waals surface area contributed by atoms with Crippen LogP contribution in [0.2, 0.25) is 5.02 Å². The topological polar surface area (TPSA) is 86.7 Å². The minimum absolute atomic E-state index is 0.0197. The van der Waals surface area contributed by atoms with Crippen molar-refractivity contribution >= 4 is 27.5 Å². The molecule has 1 aromatic rings. The van der Waals surface area contributed by atoms with Gasteiger partial charge in [-0.25, -0.2) is 12.7 Å². The van der Waals surface area contributed by atoms with E-state index in [2.05, 4.69) is 5.32 Å². The Hall–Kier alpha value is -1.15. The predicted octanol–water partition coefficient (Wildman–Crippen LogP) is 0.701. The second-order valence-corrected chi connectivity index (χ2v) is 7.05. The zero-order chi connectivity index (χ0) is 15.5. The van der Waals surface area contributed by atoms with Gasteiger partial charge in [-0.05, 0) is 25.1 Å². The van der Waals surface area contributed by atoms with E-state index in [9.17, 15) is 13.2 Å². The van der Waals surface area contributed by atoms with Gasteiger partial charge in [-0.3, -0.25) is 4.79 Å². The van der Waals surface area contributed by atoms with Crippen LogP contribution in [0.1, 0.15) is 17.3 Å². The molecular weight excluding hydrogens is 304 g/mol. The summed E-state index contributed by atoms with van der Waals surface area (Å²) in [5.74, 6) is -0.535. The van der Waals surface area contributed by atoms with E-state index in [1.54, 1.807) is 6.92 Å². The Labute approximate surface area is 123 Å². The van der Waals surface area contributed by atoms with Crippen LogP contribution in [0.25, 0.3) is 0 Å². The van der Waals surface area contributed by atoms with Gasteiger partial charge in [0.15, 0.2) is 0 Å². The maximum absolute atomic E-state index is 12.0. The standard InChI is InChI=1S/C12H17ClN2O4S/c1-8(7-16)14-12(17)10-6-9(4-5-11(10)13)20(18,19)15(2)3/h4-6,8,16H,7H2,1-3H3,(H,14,17)/t8-/m0/s1. The lowest BCUT2D eigenvalue weighted by Gasteiger charge is -2.14. The van der Waals surface area contributed by atoms with E-state index >= 15 is 0 Å². The molecule has 20 heavy (non-hydrogen) atoms. The summed E-state index contributed by atoms with van der Waals surface area (Å²) < 4.78 is 25.1. The molecule has 0 aliphatic carbocycles. The van der Waals surface area contributed by atoms with Gasteiger partial charge in [-0.1, -0.05) is 11.6 Å². The van der Waals surface area contributed by atoms with Gasteiger partial charge in [-0.15, -0.1) is 0 Å². The first-order chi connectivity index (χ1) is 9.20. The summed E-state index contributed by atoms with van der Waals surface area (Å²) in [6, 6.07) is 3.46. The van der Waals surface area contributed by atoms with Gasteiger partial charge in [0, 0.05) is 20.1 Å². The molecule has 0 saturated heterocycles. The number of halogens is 1. The molecule has 1 aromatic carbocycles. The first-order valence-electron chi connectivity index (χ1n) is 5.84. The Morgan fingerprint density at radius 1 is 1.45 bits per heavy atom. The predicted molar refractivity (Wildman–Crippen MR) is 76.3 cm³/mol. The molecule has 112 valence electrons. The second kappa shape index (κ2) is 6.53. The normalized spacial score (nSPS) is 13.3. The summed E-state index contributed by atoms with van der Waals surface area (Å²) in [6.07, 6.45) is 0. The number of hydrogen-bond donors (Lipinski definition) is 2. The molecule has 8 heteroatoms. The average molecular weight is 321 g/mol. The highest BCUT2D eigenvalue weighted by Crippen LogP contribution is 2.22. The van der Waals surface area contributed by atoms with E-state index in [4.69, 9.17) is 16.7 Å². The van der Waals surface area contributed by atoms with E-state index in [1.807, 2.05) is 0 Å². The summed E-state index contributed by atoms with van der Waals surface area (Å²) >= 11 is 5.92. The van der Waals surface area contributed by atoms with Gasteiger partial charge < -0.3 is 10.4 Å². The summed E-state index contributed by atoms with van der Waals surface area (Å²) in [5, 5.41) is 11.6. The monoisotopic (exact) mass is 320 g/mol. The van der Waals surface area contributed by atoms with Crippen LogP contribution < -0.4 is 5.32 Å². The van der Waals surface area contributed by atoms with Crippen LogP contribution in [0.5, 0.6) is 0 Å². The molecule has 1 amide bonds. The van der Waals surface area contributed by atoms with Crippen molar-refractivity contribution < 1.29 is 18.3 Å². The average Bonchev–Trinajstić information content (AvgIpc) is 2.38. The molecule has 0 heterocycles. The molecule has 1 atom stereocenters. The third-order valence-electron chi connectivity index (χ3n) is 2.61. The number of amides is 1.